The third-order valence-corrected chi connectivity index (χ3v) is 4.56. The van der Waals surface area contributed by atoms with Gasteiger partial charge in [-0.15, -0.1) is 11.3 Å². The molecule has 96 valence electrons. The number of hydrogen-bond acceptors (Lipinski definition) is 5. The maximum atomic E-state index is 5.68. The van der Waals surface area contributed by atoms with Crippen LogP contribution in [0.5, 0.6) is 0 Å². The minimum Gasteiger partial charge on any atom is -0.326 e. The predicted octanol–water partition coefficient (Wildman–Crippen LogP) is 1.05. The smallest absolute Gasteiger partial charge is 0.107 e. The SMILES string of the molecule is CCN1CCN(Cc2nc(C)c(CN)s2)CC1. The highest BCUT2D eigenvalue weighted by atomic mass is 32.1. The Morgan fingerprint density at radius 2 is 1.88 bits per heavy atom. The molecular weight excluding hydrogens is 232 g/mol. The molecule has 2 N–H and O–H groups in total. The van der Waals surface area contributed by atoms with Crippen molar-refractivity contribution >= 4 is 11.3 Å². The summed E-state index contributed by atoms with van der Waals surface area (Å²) in [6.07, 6.45) is 0. The fourth-order valence-corrected chi connectivity index (χ4v) is 3.19. The maximum absolute atomic E-state index is 5.68. The summed E-state index contributed by atoms with van der Waals surface area (Å²) in [5.74, 6) is 0. The molecule has 0 aromatic carbocycles. The Labute approximate surface area is 107 Å². The molecule has 1 aromatic rings. The molecule has 0 aliphatic carbocycles. The summed E-state index contributed by atoms with van der Waals surface area (Å²) in [6.45, 7) is 11.7. The molecule has 2 heterocycles. The summed E-state index contributed by atoms with van der Waals surface area (Å²) >= 11 is 1.77. The number of likely N-dealkylation sites (N-methyl/N-ethyl adjacent to an activating group) is 1. The molecule has 1 fully saturated rings. The van der Waals surface area contributed by atoms with Gasteiger partial charge in [0.05, 0.1) is 12.2 Å². The molecular formula is C12H22N4S. The van der Waals surface area contributed by atoms with Crippen LogP contribution in [0.3, 0.4) is 0 Å². The van der Waals surface area contributed by atoms with E-state index in [1.807, 2.05) is 0 Å². The van der Waals surface area contributed by atoms with Crippen LogP contribution in [0.1, 0.15) is 22.5 Å². The van der Waals surface area contributed by atoms with E-state index in [0.717, 1.165) is 25.3 Å². The standard InChI is InChI=1S/C12H22N4S/c1-3-15-4-6-16(7-5-15)9-12-14-10(2)11(8-13)17-12/h3-9,13H2,1-2H3. The van der Waals surface area contributed by atoms with E-state index in [4.69, 9.17) is 5.73 Å². The lowest BCUT2D eigenvalue weighted by atomic mass is 10.3. The second-order valence-corrected chi connectivity index (χ2v) is 5.70. The number of rotatable bonds is 4. The van der Waals surface area contributed by atoms with E-state index in [-0.39, 0.29) is 0 Å². The van der Waals surface area contributed by atoms with E-state index in [2.05, 4.69) is 28.6 Å². The molecule has 1 aromatic heterocycles. The number of thiazole rings is 1. The minimum atomic E-state index is 0.618. The number of nitrogens with zero attached hydrogens (tertiary/aromatic N) is 3. The van der Waals surface area contributed by atoms with Crippen molar-refractivity contribution < 1.29 is 0 Å². The van der Waals surface area contributed by atoms with E-state index >= 15 is 0 Å². The van der Waals surface area contributed by atoms with E-state index in [1.54, 1.807) is 11.3 Å². The van der Waals surface area contributed by atoms with Gasteiger partial charge in [0.1, 0.15) is 5.01 Å². The largest absolute Gasteiger partial charge is 0.326 e. The van der Waals surface area contributed by atoms with Gasteiger partial charge in [-0.2, -0.15) is 0 Å². The molecule has 5 heteroatoms. The minimum absolute atomic E-state index is 0.618. The summed E-state index contributed by atoms with van der Waals surface area (Å²) in [6, 6.07) is 0. The van der Waals surface area contributed by atoms with Gasteiger partial charge in [0.2, 0.25) is 0 Å². The molecule has 1 aliphatic rings. The summed E-state index contributed by atoms with van der Waals surface area (Å²) in [5.41, 5.74) is 6.79. The van der Waals surface area contributed by atoms with Gasteiger partial charge in [-0.05, 0) is 13.5 Å². The zero-order valence-corrected chi connectivity index (χ0v) is 11.6. The average Bonchev–Trinajstić information content (AvgIpc) is 2.70. The van der Waals surface area contributed by atoms with E-state index in [9.17, 15) is 0 Å². The van der Waals surface area contributed by atoms with Crippen LogP contribution in [0.4, 0.5) is 0 Å². The molecule has 0 bridgehead atoms. The molecule has 17 heavy (non-hydrogen) atoms. The van der Waals surface area contributed by atoms with Gasteiger partial charge in [0.15, 0.2) is 0 Å². The molecule has 0 amide bonds. The fourth-order valence-electron chi connectivity index (χ4n) is 2.20. The van der Waals surface area contributed by atoms with Gasteiger partial charge in [-0.1, -0.05) is 6.92 Å². The normalized spacial score (nSPS) is 18.8. The van der Waals surface area contributed by atoms with Crippen molar-refractivity contribution in [2.45, 2.75) is 26.9 Å². The lowest BCUT2D eigenvalue weighted by Crippen LogP contribution is -2.45. The van der Waals surface area contributed by atoms with E-state index < -0.39 is 0 Å². The first-order chi connectivity index (χ1) is 8.22. The van der Waals surface area contributed by atoms with Crippen molar-refractivity contribution in [1.29, 1.82) is 0 Å². The van der Waals surface area contributed by atoms with Crippen molar-refractivity contribution in [2.24, 2.45) is 5.73 Å². The molecule has 0 unspecified atom stereocenters. The van der Waals surface area contributed by atoms with Gasteiger partial charge < -0.3 is 10.6 Å². The molecule has 4 nitrogen and oxygen atoms in total. The fraction of sp³-hybridized carbons (Fsp3) is 0.750. The number of nitrogens with two attached hydrogens (primary N) is 1. The predicted molar refractivity (Wildman–Crippen MR) is 72.1 cm³/mol. The lowest BCUT2D eigenvalue weighted by Gasteiger charge is -2.33. The van der Waals surface area contributed by atoms with Gasteiger partial charge in [-0.3, -0.25) is 4.90 Å². The van der Waals surface area contributed by atoms with Gasteiger partial charge in [-0.25, -0.2) is 4.98 Å². The number of hydrogen-bond donors (Lipinski definition) is 1. The maximum Gasteiger partial charge on any atom is 0.107 e. The first kappa shape index (κ1) is 13.0. The van der Waals surface area contributed by atoms with Crippen molar-refractivity contribution in [3.05, 3.63) is 15.6 Å². The Bertz CT molecular complexity index is 355. The molecule has 1 saturated heterocycles. The van der Waals surface area contributed by atoms with Crippen molar-refractivity contribution in [3.63, 3.8) is 0 Å². The van der Waals surface area contributed by atoms with Crippen LogP contribution < -0.4 is 5.73 Å². The summed E-state index contributed by atoms with van der Waals surface area (Å²) in [4.78, 5) is 10.8. The Hall–Kier alpha value is -0.490. The number of aryl methyl sites for hydroxylation is 1. The first-order valence-electron chi connectivity index (χ1n) is 6.33. The molecule has 2 rings (SSSR count). The van der Waals surface area contributed by atoms with Gasteiger partial charge >= 0.3 is 0 Å². The Kier molecular flexibility index (Phi) is 4.50. The van der Waals surface area contributed by atoms with Gasteiger partial charge in [0.25, 0.3) is 0 Å². The Morgan fingerprint density at radius 1 is 1.24 bits per heavy atom. The summed E-state index contributed by atoms with van der Waals surface area (Å²) < 4.78 is 0. The van der Waals surface area contributed by atoms with Crippen LogP contribution in [0.2, 0.25) is 0 Å². The van der Waals surface area contributed by atoms with E-state index in [1.165, 1.54) is 29.5 Å². The average molecular weight is 254 g/mol. The highest BCUT2D eigenvalue weighted by Gasteiger charge is 2.17. The van der Waals surface area contributed by atoms with Crippen LogP contribution >= 0.6 is 11.3 Å². The van der Waals surface area contributed by atoms with Crippen molar-refractivity contribution in [1.82, 2.24) is 14.8 Å². The van der Waals surface area contributed by atoms with Crippen molar-refractivity contribution in [2.75, 3.05) is 32.7 Å². The molecule has 1 aliphatic heterocycles. The molecule has 0 atom stereocenters. The quantitative estimate of drug-likeness (QED) is 0.872. The second-order valence-electron chi connectivity index (χ2n) is 4.53. The Balaban J connectivity index is 1.88. The highest BCUT2D eigenvalue weighted by Crippen LogP contribution is 2.19. The van der Waals surface area contributed by atoms with Crippen LogP contribution in [-0.2, 0) is 13.1 Å². The van der Waals surface area contributed by atoms with Crippen LogP contribution in [0.25, 0.3) is 0 Å². The first-order valence-corrected chi connectivity index (χ1v) is 7.14. The zero-order chi connectivity index (χ0) is 12.3. The number of aromatic nitrogens is 1. The van der Waals surface area contributed by atoms with Crippen LogP contribution in [-0.4, -0.2) is 47.5 Å². The zero-order valence-electron chi connectivity index (χ0n) is 10.8. The van der Waals surface area contributed by atoms with Crippen LogP contribution in [0.15, 0.2) is 0 Å². The van der Waals surface area contributed by atoms with Crippen LogP contribution in [0, 0.1) is 6.92 Å². The third-order valence-electron chi connectivity index (χ3n) is 3.39. The van der Waals surface area contributed by atoms with Gasteiger partial charge in [0, 0.05) is 37.6 Å². The summed E-state index contributed by atoms with van der Waals surface area (Å²) in [5, 5.41) is 1.22. The number of piperazine rings is 1. The second kappa shape index (κ2) is 5.91. The Morgan fingerprint density at radius 3 is 2.41 bits per heavy atom. The molecule has 0 saturated carbocycles. The van der Waals surface area contributed by atoms with E-state index in [0.29, 0.717) is 6.54 Å². The lowest BCUT2D eigenvalue weighted by molar-refractivity contribution is 0.132. The topological polar surface area (TPSA) is 45.4 Å². The molecule has 0 spiro atoms. The molecule has 0 radical (unpaired) electrons. The third kappa shape index (κ3) is 3.25. The summed E-state index contributed by atoms with van der Waals surface area (Å²) in [7, 11) is 0. The highest BCUT2D eigenvalue weighted by molar-refractivity contribution is 7.11. The monoisotopic (exact) mass is 254 g/mol. The van der Waals surface area contributed by atoms with Crippen molar-refractivity contribution in [3.8, 4) is 0 Å².